The number of sulfonamides is 1. The molecule has 12 heteroatoms. The largest absolute Gasteiger partial charge is 0.505 e. The number of phenols is 1. The molecule has 0 aliphatic heterocycles. The topological polar surface area (TPSA) is 125 Å². The molecule has 35 heavy (non-hydrogen) atoms. The van der Waals surface area contributed by atoms with Gasteiger partial charge < -0.3 is 15.7 Å². The van der Waals surface area contributed by atoms with Gasteiger partial charge in [0.25, 0.3) is 15.9 Å². The second kappa shape index (κ2) is 10.7. The van der Waals surface area contributed by atoms with Crippen molar-refractivity contribution in [3.8, 4) is 16.9 Å². The Bertz CT molecular complexity index is 1390. The van der Waals surface area contributed by atoms with E-state index in [0.717, 1.165) is 18.2 Å². The van der Waals surface area contributed by atoms with Gasteiger partial charge in [0.1, 0.15) is 16.5 Å². The molecule has 0 aromatic heterocycles. The van der Waals surface area contributed by atoms with Gasteiger partial charge in [0.2, 0.25) is 5.91 Å². The van der Waals surface area contributed by atoms with E-state index >= 15 is 0 Å². The molecule has 0 bridgehead atoms. The number of phenolic OH excluding ortho intramolecular Hbond substituents is 1. The van der Waals surface area contributed by atoms with Crippen molar-refractivity contribution in [2.24, 2.45) is 0 Å². The third-order valence-corrected chi connectivity index (χ3v) is 6.42. The molecule has 0 fully saturated rings. The van der Waals surface area contributed by atoms with Crippen LogP contribution in [0.4, 0.5) is 14.5 Å². The fourth-order valence-electron chi connectivity index (χ4n) is 3.09. The number of aromatic hydroxyl groups is 1. The first-order valence-electron chi connectivity index (χ1n) is 10.1. The predicted octanol–water partition coefficient (Wildman–Crippen LogP) is 3.66. The zero-order valence-corrected chi connectivity index (χ0v) is 19.8. The fourth-order valence-corrected chi connectivity index (χ4v) is 4.57. The second-order valence-corrected chi connectivity index (χ2v) is 9.39. The minimum absolute atomic E-state index is 0.0420. The highest BCUT2D eigenvalue weighted by Gasteiger charge is 2.25. The van der Waals surface area contributed by atoms with Gasteiger partial charge in [0.05, 0.1) is 10.7 Å². The van der Waals surface area contributed by atoms with E-state index in [1.807, 2.05) is 4.72 Å². The number of nitrogens with one attached hydrogen (secondary N) is 3. The van der Waals surface area contributed by atoms with Crippen molar-refractivity contribution in [2.45, 2.75) is 11.8 Å². The Balaban J connectivity index is 1.92. The van der Waals surface area contributed by atoms with Crippen LogP contribution in [0.1, 0.15) is 17.3 Å². The van der Waals surface area contributed by atoms with E-state index in [4.69, 9.17) is 11.6 Å². The van der Waals surface area contributed by atoms with Crippen molar-refractivity contribution in [1.29, 1.82) is 0 Å². The summed E-state index contributed by atoms with van der Waals surface area (Å²) in [6, 6.07) is 11.5. The molecule has 0 spiro atoms. The van der Waals surface area contributed by atoms with E-state index in [1.165, 1.54) is 6.92 Å². The lowest BCUT2D eigenvalue weighted by Gasteiger charge is -2.14. The maximum atomic E-state index is 14.5. The second-order valence-electron chi connectivity index (χ2n) is 7.33. The quantitative estimate of drug-likeness (QED) is 0.335. The number of benzene rings is 3. The summed E-state index contributed by atoms with van der Waals surface area (Å²) in [7, 11) is -4.68. The molecule has 8 nitrogen and oxygen atoms in total. The maximum Gasteiger partial charge on any atom is 0.265 e. The van der Waals surface area contributed by atoms with Crippen LogP contribution in [0, 0.1) is 11.6 Å². The van der Waals surface area contributed by atoms with Crippen molar-refractivity contribution >= 4 is 39.1 Å². The van der Waals surface area contributed by atoms with Gasteiger partial charge in [-0.05, 0) is 23.8 Å². The predicted molar refractivity (Wildman–Crippen MR) is 127 cm³/mol. The zero-order chi connectivity index (χ0) is 25.8. The van der Waals surface area contributed by atoms with Crippen molar-refractivity contribution in [3.05, 3.63) is 76.8 Å². The SMILES string of the molecule is CC(=O)NCCNC(=O)c1cc(Cl)c(O)c(S(=O)(=O)Nc2cc(-c3ccccc3)c(F)cc2F)c1. The van der Waals surface area contributed by atoms with E-state index < -0.39 is 48.9 Å². The summed E-state index contributed by atoms with van der Waals surface area (Å²) in [5.74, 6) is -3.98. The lowest BCUT2D eigenvalue weighted by Crippen LogP contribution is -2.33. The number of carbonyl (C=O) groups excluding carboxylic acids is 2. The molecular formula is C23H20ClF2N3O5S. The van der Waals surface area contributed by atoms with Gasteiger partial charge in [0.15, 0.2) is 5.75 Å². The van der Waals surface area contributed by atoms with Crippen LogP contribution in [0.15, 0.2) is 59.5 Å². The van der Waals surface area contributed by atoms with Crippen molar-refractivity contribution in [1.82, 2.24) is 10.6 Å². The van der Waals surface area contributed by atoms with Gasteiger partial charge in [-0.1, -0.05) is 41.9 Å². The first kappa shape index (κ1) is 25.9. The molecule has 2 amide bonds. The lowest BCUT2D eigenvalue weighted by atomic mass is 10.0. The van der Waals surface area contributed by atoms with E-state index in [0.29, 0.717) is 11.6 Å². The highest BCUT2D eigenvalue weighted by atomic mass is 35.5. The Morgan fingerprint density at radius 3 is 2.29 bits per heavy atom. The Morgan fingerprint density at radius 1 is 0.971 bits per heavy atom. The summed E-state index contributed by atoms with van der Waals surface area (Å²) < 4.78 is 56.8. The van der Waals surface area contributed by atoms with Gasteiger partial charge in [-0.3, -0.25) is 14.3 Å². The highest BCUT2D eigenvalue weighted by molar-refractivity contribution is 7.92. The molecule has 184 valence electrons. The van der Waals surface area contributed by atoms with Crippen molar-refractivity contribution in [3.63, 3.8) is 0 Å². The summed E-state index contributed by atoms with van der Waals surface area (Å²) in [6.07, 6.45) is 0. The molecule has 0 atom stereocenters. The van der Waals surface area contributed by atoms with Gasteiger partial charge in [-0.15, -0.1) is 0 Å². The number of hydrogen-bond acceptors (Lipinski definition) is 5. The lowest BCUT2D eigenvalue weighted by molar-refractivity contribution is -0.118. The van der Waals surface area contributed by atoms with E-state index in [9.17, 15) is 31.9 Å². The number of carbonyl (C=O) groups is 2. The van der Waals surface area contributed by atoms with Crippen molar-refractivity contribution < 1.29 is 31.9 Å². The average Bonchev–Trinajstić information content (AvgIpc) is 2.80. The third-order valence-electron chi connectivity index (χ3n) is 4.75. The van der Waals surface area contributed by atoms with Crippen LogP contribution in [-0.4, -0.2) is 38.4 Å². The Hall–Kier alpha value is -3.70. The fraction of sp³-hybridized carbons (Fsp3) is 0.130. The van der Waals surface area contributed by atoms with Gasteiger partial charge in [0, 0.05) is 37.2 Å². The Labute approximate surface area is 205 Å². The van der Waals surface area contributed by atoms with Crippen LogP contribution < -0.4 is 15.4 Å². The summed E-state index contributed by atoms with van der Waals surface area (Å²) in [4.78, 5) is 22.5. The summed E-state index contributed by atoms with van der Waals surface area (Å²) in [6.45, 7) is 1.48. The molecule has 0 aliphatic rings. The van der Waals surface area contributed by atoms with Crippen LogP contribution in [0.3, 0.4) is 0 Å². The van der Waals surface area contributed by atoms with Crippen LogP contribution in [0.2, 0.25) is 5.02 Å². The first-order valence-corrected chi connectivity index (χ1v) is 12.0. The molecule has 3 aromatic carbocycles. The first-order chi connectivity index (χ1) is 16.5. The Kier molecular flexibility index (Phi) is 7.92. The number of hydrogen-bond donors (Lipinski definition) is 4. The number of halogens is 3. The molecule has 0 saturated heterocycles. The number of anilines is 1. The molecule has 0 aliphatic carbocycles. The van der Waals surface area contributed by atoms with Crippen LogP contribution in [0.5, 0.6) is 5.75 Å². The third kappa shape index (κ3) is 6.25. The van der Waals surface area contributed by atoms with Gasteiger partial charge in [-0.25, -0.2) is 17.2 Å². The molecule has 3 rings (SSSR count). The molecule has 0 heterocycles. The summed E-state index contributed by atoms with van der Waals surface area (Å²) >= 11 is 5.93. The van der Waals surface area contributed by atoms with Gasteiger partial charge >= 0.3 is 0 Å². The molecule has 0 unspecified atom stereocenters. The molecular weight excluding hydrogens is 504 g/mol. The Morgan fingerprint density at radius 2 is 1.63 bits per heavy atom. The van der Waals surface area contributed by atoms with Crippen molar-refractivity contribution in [2.75, 3.05) is 17.8 Å². The normalized spacial score (nSPS) is 11.1. The molecule has 0 saturated carbocycles. The van der Waals surface area contributed by atoms with E-state index in [1.54, 1.807) is 30.3 Å². The van der Waals surface area contributed by atoms with E-state index in [2.05, 4.69) is 10.6 Å². The molecule has 4 N–H and O–H groups in total. The molecule has 0 radical (unpaired) electrons. The summed E-state index contributed by atoms with van der Waals surface area (Å²) in [5, 5.41) is 14.7. The standard InChI is InChI=1S/C23H20ClF2N3O5S/c1-13(30)27-7-8-28-23(32)15-9-17(24)22(31)21(10-15)35(33,34)29-20-11-16(18(25)12-19(20)26)14-5-3-2-4-6-14/h2-6,9-12,29,31H,7-8H2,1H3,(H,27,30)(H,28,32). The maximum absolute atomic E-state index is 14.5. The van der Waals surface area contributed by atoms with Crippen LogP contribution in [-0.2, 0) is 14.8 Å². The number of amides is 2. The monoisotopic (exact) mass is 523 g/mol. The average molecular weight is 524 g/mol. The molecule has 3 aromatic rings. The summed E-state index contributed by atoms with van der Waals surface area (Å²) in [5.41, 5.74) is -0.458. The minimum Gasteiger partial charge on any atom is -0.505 e. The van der Waals surface area contributed by atoms with Crippen LogP contribution >= 0.6 is 11.6 Å². The van der Waals surface area contributed by atoms with Gasteiger partial charge in [-0.2, -0.15) is 0 Å². The van der Waals surface area contributed by atoms with E-state index in [-0.39, 0.29) is 30.1 Å². The highest BCUT2D eigenvalue weighted by Crippen LogP contribution is 2.35. The zero-order valence-electron chi connectivity index (χ0n) is 18.2. The smallest absolute Gasteiger partial charge is 0.265 e. The number of rotatable bonds is 8. The minimum atomic E-state index is -4.68. The van der Waals surface area contributed by atoms with Crippen LogP contribution in [0.25, 0.3) is 11.1 Å².